The molecule has 2 N–H and O–H groups in total. The van der Waals surface area contributed by atoms with Crippen LogP contribution in [0.3, 0.4) is 0 Å². The Bertz CT molecular complexity index is 978. The van der Waals surface area contributed by atoms with Gasteiger partial charge in [-0.25, -0.2) is 0 Å². The Hall–Kier alpha value is -3.55. The van der Waals surface area contributed by atoms with Crippen LogP contribution in [0.15, 0.2) is 48.5 Å². The number of hydrogen-bond acceptors (Lipinski definition) is 5. The van der Waals surface area contributed by atoms with Crippen molar-refractivity contribution in [1.82, 2.24) is 10.6 Å². The molecule has 2 aromatic rings. The second-order valence-electron chi connectivity index (χ2n) is 7.67. The van der Waals surface area contributed by atoms with Crippen LogP contribution >= 0.6 is 0 Å². The second kappa shape index (κ2) is 9.07. The maximum atomic E-state index is 12.7. The van der Waals surface area contributed by atoms with Gasteiger partial charge in [0, 0.05) is 31.3 Å². The molecule has 3 amide bonds. The molecule has 0 spiro atoms. The molecule has 0 saturated carbocycles. The Morgan fingerprint density at radius 2 is 1.84 bits per heavy atom. The molecule has 2 aromatic carbocycles. The van der Waals surface area contributed by atoms with E-state index < -0.39 is 12.0 Å². The van der Waals surface area contributed by atoms with Crippen LogP contribution in [0.25, 0.3) is 0 Å². The van der Waals surface area contributed by atoms with Crippen molar-refractivity contribution in [2.75, 3.05) is 24.7 Å². The number of benzene rings is 2. The largest absolute Gasteiger partial charge is 0.486 e. The molecule has 2 heterocycles. The van der Waals surface area contributed by atoms with Crippen LogP contribution in [0.2, 0.25) is 0 Å². The van der Waals surface area contributed by atoms with Gasteiger partial charge in [-0.05, 0) is 24.6 Å². The smallest absolute Gasteiger partial charge is 0.242 e. The van der Waals surface area contributed by atoms with Crippen LogP contribution in [0, 0.1) is 5.92 Å². The lowest BCUT2D eigenvalue weighted by Crippen LogP contribution is -2.46. The van der Waals surface area contributed by atoms with E-state index in [2.05, 4.69) is 10.6 Å². The number of carbonyl (C=O) groups excluding carboxylic acids is 3. The van der Waals surface area contributed by atoms with E-state index in [0.717, 1.165) is 5.56 Å². The number of ether oxygens (including phenoxy) is 2. The van der Waals surface area contributed by atoms with Gasteiger partial charge in [0.1, 0.15) is 19.3 Å². The lowest BCUT2D eigenvalue weighted by Gasteiger charge is -2.22. The van der Waals surface area contributed by atoms with Gasteiger partial charge in [0.25, 0.3) is 0 Å². The number of nitrogens with one attached hydrogen (secondary N) is 2. The monoisotopic (exact) mass is 423 g/mol. The van der Waals surface area contributed by atoms with Crippen molar-refractivity contribution >= 4 is 23.4 Å². The van der Waals surface area contributed by atoms with Crippen molar-refractivity contribution < 1.29 is 23.9 Å². The Morgan fingerprint density at radius 1 is 1.10 bits per heavy atom. The van der Waals surface area contributed by atoms with Crippen molar-refractivity contribution in [3.05, 3.63) is 54.1 Å². The molecular formula is C23H25N3O5. The predicted octanol–water partition coefficient (Wildman–Crippen LogP) is 1.63. The van der Waals surface area contributed by atoms with E-state index in [9.17, 15) is 14.4 Å². The molecule has 1 fully saturated rings. The summed E-state index contributed by atoms with van der Waals surface area (Å²) in [5.41, 5.74) is 1.64. The quantitative estimate of drug-likeness (QED) is 0.736. The summed E-state index contributed by atoms with van der Waals surface area (Å²) in [5.74, 6) is -0.0107. The molecular weight excluding hydrogens is 398 g/mol. The molecule has 31 heavy (non-hydrogen) atoms. The van der Waals surface area contributed by atoms with Gasteiger partial charge in [-0.3, -0.25) is 14.4 Å². The molecule has 0 aromatic heterocycles. The number of anilines is 1. The summed E-state index contributed by atoms with van der Waals surface area (Å²) < 4.78 is 11.1. The minimum atomic E-state index is -0.699. The molecule has 2 aliphatic heterocycles. The van der Waals surface area contributed by atoms with Crippen molar-refractivity contribution in [3.8, 4) is 11.5 Å². The maximum absolute atomic E-state index is 12.7. The molecule has 0 bridgehead atoms. The SMILES string of the molecule is CC(NC(=O)C1CC(=O)N(c2ccc3c(c2)OCCO3)C1)C(=O)NCc1ccccc1. The highest BCUT2D eigenvalue weighted by Gasteiger charge is 2.36. The van der Waals surface area contributed by atoms with Crippen molar-refractivity contribution in [1.29, 1.82) is 0 Å². The zero-order valence-electron chi connectivity index (χ0n) is 17.3. The minimum absolute atomic E-state index is 0.0959. The van der Waals surface area contributed by atoms with E-state index in [0.29, 0.717) is 36.9 Å². The van der Waals surface area contributed by atoms with Crippen LogP contribution < -0.4 is 25.0 Å². The van der Waals surface area contributed by atoms with E-state index in [1.807, 2.05) is 30.3 Å². The number of amides is 3. The van der Waals surface area contributed by atoms with E-state index in [1.165, 1.54) is 0 Å². The highest BCUT2D eigenvalue weighted by Crippen LogP contribution is 2.36. The minimum Gasteiger partial charge on any atom is -0.486 e. The summed E-state index contributed by atoms with van der Waals surface area (Å²) in [6.45, 7) is 3.23. The number of nitrogens with zero attached hydrogens (tertiary/aromatic N) is 1. The topological polar surface area (TPSA) is 97.0 Å². The van der Waals surface area contributed by atoms with Crippen LogP contribution in [0.1, 0.15) is 18.9 Å². The molecule has 2 atom stereocenters. The average molecular weight is 423 g/mol. The van der Waals surface area contributed by atoms with E-state index in [-0.39, 0.29) is 30.7 Å². The summed E-state index contributed by atoms with van der Waals surface area (Å²) in [7, 11) is 0. The summed E-state index contributed by atoms with van der Waals surface area (Å²) in [6, 6.07) is 14.1. The lowest BCUT2D eigenvalue weighted by atomic mass is 10.1. The Labute approximate surface area is 180 Å². The first kappa shape index (κ1) is 20.7. The molecule has 1 saturated heterocycles. The van der Waals surface area contributed by atoms with Gasteiger partial charge in [-0.15, -0.1) is 0 Å². The van der Waals surface area contributed by atoms with Gasteiger partial charge in [0.2, 0.25) is 17.7 Å². The van der Waals surface area contributed by atoms with Gasteiger partial charge < -0.3 is 25.0 Å². The van der Waals surface area contributed by atoms with Crippen LogP contribution in [-0.2, 0) is 20.9 Å². The van der Waals surface area contributed by atoms with E-state index >= 15 is 0 Å². The fourth-order valence-corrected chi connectivity index (χ4v) is 3.67. The number of carbonyl (C=O) groups is 3. The van der Waals surface area contributed by atoms with Crippen LogP contribution in [0.5, 0.6) is 11.5 Å². The first-order chi connectivity index (χ1) is 15.0. The maximum Gasteiger partial charge on any atom is 0.242 e. The Morgan fingerprint density at radius 3 is 2.61 bits per heavy atom. The zero-order valence-corrected chi connectivity index (χ0v) is 17.3. The summed E-state index contributed by atoms with van der Waals surface area (Å²) in [6.07, 6.45) is 0.0959. The molecule has 162 valence electrons. The summed E-state index contributed by atoms with van der Waals surface area (Å²) in [5, 5.41) is 5.54. The summed E-state index contributed by atoms with van der Waals surface area (Å²) >= 11 is 0. The molecule has 0 radical (unpaired) electrons. The van der Waals surface area contributed by atoms with Gasteiger partial charge in [0.15, 0.2) is 11.5 Å². The van der Waals surface area contributed by atoms with Crippen LogP contribution in [-0.4, -0.2) is 43.5 Å². The van der Waals surface area contributed by atoms with Crippen LogP contribution in [0.4, 0.5) is 5.69 Å². The first-order valence-corrected chi connectivity index (χ1v) is 10.3. The molecule has 8 heteroatoms. The predicted molar refractivity (Wildman–Crippen MR) is 114 cm³/mol. The normalized spacial score (nSPS) is 18.4. The van der Waals surface area contributed by atoms with Crippen molar-refractivity contribution in [2.24, 2.45) is 5.92 Å². The van der Waals surface area contributed by atoms with E-state index in [1.54, 1.807) is 30.0 Å². The fourth-order valence-electron chi connectivity index (χ4n) is 3.67. The molecule has 4 rings (SSSR count). The fraction of sp³-hybridized carbons (Fsp3) is 0.348. The highest BCUT2D eigenvalue weighted by atomic mass is 16.6. The van der Waals surface area contributed by atoms with Gasteiger partial charge >= 0.3 is 0 Å². The van der Waals surface area contributed by atoms with E-state index in [4.69, 9.17) is 9.47 Å². The lowest BCUT2D eigenvalue weighted by molar-refractivity contribution is -0.131. The Balaban J connectivity index is 1.32. The van der Waals surface area contributed by atoms with Gasteiger partial charge in [-0.2, -0.15) is 0 Å². The third kappa shape index (κ3) is 4.79. The second-order valence-corrected chi connectivity index (χ2v) is 7.67. The van der Waals surface area contributed by atoms with Gasteiger partial charge in [-0.1, -0.05) is 30.3 Å². The molecule has 2 aliphatic rings. The number of hydrogen-bond donors (Lipinski definition) is 2. The Kier molecular flexibility index (Phi) is 6.06. The number of fused-ring (bicyclic) bond motifs is 1. The molecule has 0 aliphatic carbocycles. The average Bonchev–Trinajstić information content (AvgIpc) is 3.19. The third-order valence-electron chi connectivity index (χ3n) is 5.39. The van der Waals surface area contributed by atoms with Crippen molar-refractivity contribution in [2.45, 2.75) is 25.9 Å². The molecule has 8 nitrogen and oxygen atoms in total. The number of rotatable bonds is 6. The highest BCUT2D eigenvalue weighted by molar-refractivity contribution is 6.01. The van der Waals surface area contributed by atoms with Gasteiger partial charge in [0.05, 0.1) is 5.92 Å². The van der Waals surface area contributed by atoms with Crippen molar-refractivity contribution in [3.63, 3.8) is 0 Å². The molecule has 2 unspecified atom stereocenters. The summed E-state index contributed by atoms with van der Waals surface area (Å²) in [4.78, 5) is 39.1. The zero-order chi connectivity index (χ0) is 21.8. The first-order valence-electron chi connectivity index (χ1n) is 10.3. The standard InChI is InChI=1S/C23H25N3O5/c1-15(22(28)24-13-16-5-3-2-4-6-16)25-23(29)17-11-21(27)26(14-17)18-7-8-19-20(12-18)31-10-9-30-19/h2-8,12,15,17H,9-11,13-14H2,1H3,(H,24,28)(H,25,29). The third-order valence-corrected chi connectivity index (χ3v) is 5.39.